The SMILES string of the molecule is C=C(C)c1cc(CNC2(C)CCC2)cc2c1CCC2=O. The van der Waals surface area contributed by atoms with Crippen molar-refractivity contribution >= 4 is 11.4 Å². The summed E-state index contributed by atoms with van der Waals surface area (Å²) in [5.74, 6) is 0.291. The lowest BCUT2D eigenvalue weighted by molar-refractivity contribution is 0.0994. The molecule has 0 unspecified atom stereocenters. The summed E-state index contributed by atoms with van der Waals surface area (Å²) in [6.07, 6.45) is 5.36. The van der Waals surface area contributed by atoms with Crippen molar-refractivity contribution in [3.05, 3.63) is 41.0 Å². The van der Waals surface area contributed by atoms with E-state index in [0.29, 0.717) is 17.7 Å². The summed E-state index contributed by atoms with van der Waals surface area (Å²) < 4.78 is 0. The molecule has 0 bridgehead atoms. The predicted octanol–water partition coefficient (Wildman–Crippen LogP) is 3.88. The Morgan fingerprint density at radius 3 is 2.70 bits per heavy atom. The second-order valence-electron chi connectivity index (χ2n) is 6.64. The van der Waals surface area contributed by atoms with Gasteiger partial charge in [0.15, 0.2) is 5.78 Å². The number of hydrogen-bond donors (Lipinski definition) is 1. The molecule has 1 saturated carbocycles. The van der Waals surface area contributed by atoms with E-state index in [4.69, 9.17) is 0 Å². The van der Waals surface area contributed by atoms with Crippen LogP contribution in [0.1, 0.15) is 66.6 Å². The summed E-state index contributed by atoms with van der Waals surface area (Å²) >= 11 is 0. The number of hydrogen-bond acceptors (Lipinski definition) is 2. The topological polar surface area (TPSA) is 29.1 Å². The van der Waals surface area contributed by atoms with Gasteiger partial charge in [0.05, 0.1) is 0 Å². The second-order valence-corrected chi connectivity index (χ2v) is 6.64. The molecule has 3 rings (SSSR count). The Labute approximate surface area is 121 Å². The molecular formula is C18H23NO. The number of nitrogens with one attached hydrogen (secondary N) is 1. The molecule has 1 aromatic carbocycles. The van der Waals surface area contributed by atoms with Gasteiger partial charge in [-0.25, -0.2) is 0 Å². The average molecular weight is 269 g/mol. The van der Waals surface area contributed by atoms with Gasteiger partial charge in [0.1, 0.15) is 0 Å². The second kappa shape index (κ2) is 4.85. The molecule has 1 N–H and O–H groups in total. The number of carbonyl (C=O) groups is 1. The third-order valence-electron chi connectivity index (χ3n) is 4.85. The summed E-state index contributed by atoms with van der Waals surface area (Å²) in [5.41, 5.74) is 5.90. The zero-order valence-corrected chi connectivity index (χ0v) is 12.5. The van der Waals surface area contributed by atoms with E-state index in [0.717, 1.165) is 24.1 Å². The number of carbonyl (C=O) groups excluding carboxylic acids is 1. The molecule has 1 fully saturated rings. The van der Waals surface area contributed by atoms with Crippen LogP contribution in [0.2, 0.25) is 0 Å². The van der Waals surface area contributed by atoms with Gasteiger partial charge in [0, 0.05) is 24.1 Å². The van der Waals surface area contributed by atoms with Crippen LogP contribution in [-0.2, 0) is 13.0 Å². The Hall–Kier alpha value is -1.41. The first-order chi connectivity index (χ1) is 9.48. The van der Waals surface area contributed by atoms with E-state index in [-0.39, 0.29) is 0 Å². The maximum Gasteiger partial charge on any atom is 0.163 e. The number of allylic oxidation sites excluding steroid dienone is 1. The lowest BCUT2D eigenvalue weighted by atomic mass is 9.78. The minimum atomic E-state index is 0.291. The molecule has 2 aliphatic rings. The fourth-order valence-electron chi connectivity index (χ4n) is 3.31. The lowest BCUT2D eigenvalue weighted by Gasteiger charge is -2.39. The van der Waals surface area contributed by atoms with Crippen molar-refractivity contribution in [2.75, 3.05) is 0 Å². The molecule has 2 nitrogen and oxygen atoms in total. The van der Waals surface area contributed by atoms with Crippen LogP contribution < -0.4 is 5.32 Å². The Kier molecular flexibility index (Phi) is 3.29. The van der Waals surface area contributed by atoms with Crippen molar-refractivity contribution < 1.29 is 4.79 Å². The monoisotopic (exact) mass is 269 g/mol. The summed E-state index contributed by atoms with van der Waals surface area (Å²) in [4.78, 5) is 12.0. The highest BCUT2D eigenvalue weighted by molar-refractivity contribution is 6.02. The molecule has 106 valence electrons. The molecule has 0 aromatic heterocycles. The van der Waals surface area contributed by atoms with E-state index in [1.807, 2.05) is 6.92 Å². The zero-order valence-electron chi connectivity index (χ0n) is 12.5. The van der Waals surface area contributed by atoms with Crippen molar-refractivity contribution in [3.63, 3.8) is 0 Å². The molecule has 0 aliphatic heterocycles. The van der Waals surface area contributed by atoms with Crippen LogP contribution in [0.15, 0.2) is 18.7 Å². The Balaban J connectivity index is 1.88. The maximum atomic E-state index is 12.0. The third kappa shape index (κ3) is 2.33. The van der Waals surface area contributed by atoms with Gasteiger partial charge in [-0.05, 0) is 68.4 Å². The number of ketones is 1. The fraction of sp³-hybridized carbons (Fsp3) is 0.500. The van der Waals surface area contributed by atoms with Crippen molar-refractivity contribution in [1.29, 1.82) is 0 Å². The predicted molar refractivity (Wildman–Crippen MR) is 82.9 cm³/mol. The molecule has 2 heteroatoms. The molecule has 0 radical (unpaired) electrons. The summed E-state index contributed by atoms with van der Waals surface area (Å²) in [6, 6.07) is 4.31. The molecular weight excluding hydrogens is 246 g/mol. The van der Waals surface area contributed by atoms with Gasteiger partial charge < -0.3 is 5.32 Å². The summed E-state index contributed by atoms with van der Waals surface area (Å²) in [6.45, 7) is 9.24. The van der Waals surface area contributed by atoms with Crippen LogP contribution in [0.3, 0.4) is 0 Å². The van der Waals surface area contributed by atoms with Crippen molar-refractivity contribution in [3.8, 4) is 0 Å². The van der Waals surface area contributed by atoms with Gasteiger partial charge in [-0.3, -0.25) is 4.79 Å². The van der Waals surface area contributed by atoms with Crippen LogP contribution in [0.25, 0.3) is 5.57 Å². The van der Waals surface area contributed by atoms with Crippen LogP contribution in [0, 0.1) is 0 Å². The van der Waals surface area contributed by atoms with E-state index in [1.54, 1.807) is 0 Å². The molecule has 0 amide bonds. The van der Waals surface area contributed by atoms with Crippen LogP contribution in [0.5, 0.6) is 0 Å². The van der Waals surface area contributed by atoms with Crippen molar-refractivity contribution in [1.82, 2.24) is 5.32 Å². The standard InChI is InChI=1S/C18H23NO/c1-12(2)15-9-13(11-19-18(3)7-4-8-18)10-16-14(15)5-6-17(16)20/h9-10,19H,1,4-8,11H2,2-3H3. The van der Waals surface area contributed by atoms with E-state index < -0.39 is 0 Å². The van der Waals surface area contributed by atoms with Gasteiger partial charge >= 0.3 is 0 Å². The highest BCUT2D eigenvalue weighted by atomic mass is 16.1. The lowest BCUT2D eigenvalue weighted by Crippen LogP contribution is -2.47. The van der Waals surface area contributed by atoms with Gasteiger partial charge in [0.2, 0.25) is 0 Å². The molecule has 0 atom stereocenters. The molecule has 1 aromatic rings. The minimum absolute atomic E-state index is 0.291. The summed E-state index contributed by atoms with van der Waals surface area (Å²) in [7, 11) is 0. The third-order valence-corrected chi connectivity index (χ3v) is 4.85. The molecule has 2 aliphatic carbocycles. The number of fused-ring (bicyclic) bond motifs is 1. The Bertz CT molecular complexity index is 581. The van der Waals surface area contributed by atoms with Crippen molar-refractivity contribution in [2.45, 2.75) is 58.0 Å². The number of Topliss-reactive ketones (excluding diaryl/α,β-unsaturated/α-hetero) is 1. The van der Waals surface area contributed by atoms with E-state index in [9.17, 15) is 4.79 Å². The van der Waals surface area contributed by atoms with Crippen LogP contribution in [0.4, 0.5) is 0 Å². The van der Waals surface area contributed by atoms with Crippen molar-refractivity contribution in [2.24, 2.45) is 0 Å². The minimum Gasteiger partial charge on any atom is -0.307 e. The largest absolute Gasteiger partial charge is 0.307 e. The summed E-state index contributed by atoms with van der Waals surface area (Å²) in [5, 5.41) is 3.64. The first-order valence-corrected chi connectivity index (χ1v) is 7.58. The highest BCUT2D eigenvalue weighted by Crippen LogP contribution is 2.33. The first kappa shape index (κ1) is 13.6. The highest BCUT2D eigenvalue weighted by Gasteiger charge is 2.31. The quantitative estimate of drug-likeness (QED) is 0.898. The fourth-order valence-corrected chi connectivity index (χ4v) is 3.31. The van der Waals surface area contributed by atoms with Crippen LogP contribution in [-0.4, -0.2) is 11.3 Å². The Morgan fingerprint density at radius 1 is 1.35 bits per heavy atom. The van der Waals surface area contributed by atoms with E-state index >= 15 is 0 Å². The van der Waals surface area contributed by atoms with E-state index in [2.05, 4.69) is 31.0 Å². The molecule has 20 heavy (non-hydrogen) atoms. The van der Waals surface area contributed by atoms with E-state index in [1.165, 1.54) is 36.0 Å². The van der Waals surface area contributed by atoms with Gasteiger partial charge in [-0.15, -0.1) is 0 Å². The smallest absolute Gasteiger partial charge is 0.163 e. The van der Waals surface area contributed by atoms with Crippen LogP contribution >= 0.6 is 0 Å². The molecule has 0 heterocycles. The average Bonchev–Trinajstić information content (AvgIpc) is 2.75. The number of rotatable bonds is 4. The van der Waals surface area contributed by atoms with Gasteiger partial charge in [0.25, 0.3) is 0 Å². The Morgan fingerprint density at radius 2 is 2.10 bits per heavy atom. The molecule has 0 saturated heterocycles. The first-order valence-electron chi connectivity index (χ1n) is 7.58. The van der Waals surface area contributed by atoms with Gasteiger partial charge in [-0.1, -0.05) is 12.2 Å². The molecule has 0 spiro atoms. The number of benzene rings is 1. The normalized spacial score (nSPS) is 19.6. The maximum absolute atomic E-state index is 12.0. The zero-order chi connectivity index (χ0) is 14.3. The van der Waals surface area contributed by atoms with Gasteiger partial charge in [-0.2, -0.15) is 0 Å².